The number of hydrogen-bond acceptors (Lipinski definition) is 3. The van der Waals surface area contributed by atoms with Crippen LogP contribution in [0.1, 0.15) is 22.9 Å². The Balaban J connectivity index is 2.13. The van der Waals surface area contributed by atoms with E-state index in [0.29, 0.717) is 11.3 Å². The fourth-order valence-electron chi connectivity index (χ4n) is 2.22. The van der Waals surface area contributed by atoms with Crippen molar-refractivity contribution in [1.82, 2.24) is 4.98 Å². The van der Waals surface area contributed by atoms with Gasteiger partial charge in [-0.15, -0.1) is 0 Å². The fraction of sp³-hybridized carbons (Fsp3) is 0.133. The standard InChI is InChI=1S/C15H13FN2O/c1-9-12-7-11(16)4-5-13(12)19-15(9)14(17)10-3-2-6-18-8-10/h2-8,14H,17H2,1H3. The molecular weight excluding hydrogens is 243 g/mol. The Hall–Kier alpha value is -2.20. The largest absolute Gasteiger partial charge is 0.459 e. The average Bonchev–Trinajstić information content (AvgIpc) is 2.76. The van der Waals surface area contributed by atoms with Gasteiger partial charge in [0.1, 0.15) is 17.2 Å². The van der Waals surface area contributed by atoms with Gasteiger partial charge in [-0.25, -0.2) is 4.39 Å². The number of hydrogen-bond donors (Lipinski definition) is 1. The van der Waals surface area contributed by atoms with Crippen molar-refractivity contribution in [3.63, 3.8) is 0 Å². The molecule has 3 rings (SSSR count). The van der Waals surface area contributed by atoms with E-state index < -0.39 is 6.04 Å². The van der Waals surface area contributed by atoms with E-state index in [2.05, 4.69) is 4.98 Å². The fourth-order valence-corrected chi connectivity index (χ4v) is 2.22. The molecule has 1 atom stereocenters. The molecule has 1 unspecified atom stereocenters. The van der Waals surface area contributed by atoms with E-state index >= 15 is 0 Å². The molecule has 0 radical (unpaired) electrons. The van der Waals surface area contributed by atoms with Crippen LogP contribution in [0.2, 0.25) is 0 Å². The first-order valence-electron chi connectivity index (χ1n) is 6.01. The highest BCUT2D eigenvalue weighted by atomic mass is 19.1. The summed E-state index contributed by atoms with van der Waals surface area (Å²) in [5.41, 5.74) is 8.57. The summed E-state index contributed by atoms with van der Waals surface area (Å²) < 4.78 is 19.0. The predicted molar refractivity (Wildman–Crippen MR) is 71.2 cm³/mol. The number of furan rings is 1. The Morgan fingerprint density at radius 1 is 1.32 bits per heavy atom. The Morgan fingerprint density at radius 2 is 2.16 bits per heavy atom. The number of aromatic nitrogens is 1. The number of benzene rings is 1. The van der Waals surface area contributed by atoms with Crippen molar-refractivity contribution < 1.29 is 8.81 Å². The summed E-state index contributed by atoms with van der Waals surface area (Å²) in [7, 11) is 0. The minimum Gasteiger partial charge on any atom is -0.459 e. The Bertz CT molecular complexity index is 722. The summed E-state index contributed by atoms with van der Waals surface area (Å²) in [4.78, 5) is 4.05. The monoisotopic (exact) mass is 256 g/mol. The SMILES string of the molecule is Cc1c(C(N)c2cccnc2)oc2ccc(F)cc12. The van der Waals surface area contributed by atoms with E-state index in [9.17, 15) is 4.39 Å². The van der Waals surface area contributed by atoms with Gasteiger partial charge < -0.3 is 10.2 Å². The lowest BCUT2D eigenvalue weighted by atomic mass is 10.0. The first-order valence-corrected chi connectivity index (χ1v) is 6.01. The second-order valence-corrected chi connectivity index (χ2v) is 4.50. The maximum Gasteiger partial charge on any atom is 0.134 e. The molecule has 0 bridgehead atoms. The minimum atomic E-state index is -0.399. The predicted octanol–water partition coefficient (Wildman–Crippen LogP) is 3.32. The first kappa shape index (κ1) is 11.9. The van der Waals surface area contributed by atoms with Crippen molar-refractivity contribution in [2.45, 2.75) is 13.0 Å². The van der Waals surface area contributed by atoms with Crippen LogP contribution in [0.5, 0.6) is 0 Å². The highest BCUT2D eigenvalue weighted by Crippen LogP contribution is 2.31. The van der Waals surface area contributed by atoms with Crippen molar-refractivity contribution in [2.24, 2.45) is 5.73 Å². The lowest BCUT2D eigenvalue weighted by Crippen LogP contribution is -2.12. The highest BCUT2D eigenvalue weighted by Gasteiger charge is 2.19. The lowest BCUT2D eigenvalue weighted by Gasteiger charge is -2.09. The molecule has 0 saturated heterocycles. The van der Waals surface area contributed by atoms with Crippen LogP contribution in [0.3, 0.4) is 0 Å². The maximum absolute atomic E-state index is 13.3. The molecule has 1 aromatic carbocycles. The molecule has 2 N–H and O–H groups in total. The van der Waals surface area contributed by atoms with Crippen molar-refractivity contribution in [1.29, 1.82) is 0 Å². The summed E-state index contributed by atoms with van der Waals surface area (Å²) >= 11 is 0. The molecule has 2 aromatic heterocycles. The van der Waals surface area contributed by atoms with Crippen LogP contribution in [-0.4, -0.2) is 4.98 Å². The number of nitrogens with zero attached hydrogens (tertiary/aromatic N) is 1. The third-order valence-electron chi connectivity index (χ3n) is 3.26. The molecule has 0 aliphatic rings. The minimum absolute atomic E-state index is 0.280. The van der Waals surface area contributed by atoms with Crippen LogP contribution in [0.4, 0.5) is 4.39 Å². The molecule has 4 heteroatoms. The van der Waals surface area contributed by atoms with Gasteiger partial charge in [0.2, 0.25) is 0 Å². The Morgan fingerprint density at radius 3 is 2.89 bits per heavy atom. The molecule has 2 heterocycles. The maximum atomic E-state index is 13.3. The summed E-state index contributed by atoms with van der Waals surface area (Å²) in [6.45, 7) is 1.89. The van der Waals surface area contributed by atoms with Crippen molar-refractivity contribution >= 4 is 11.0 Å². The average molecular weight is 256 g/mol. The summed E-state index contributed by atoms with van der Waals surface area (Å²) in [5, 5.41) is 0.759. The van der Waals surface area contributed by atoms with Crippen LogP contribution >= 0.6 is 0 Å². The van der Waals surface area contributed by atoms with Crippen molar-refractivity contribution in [3.8, 4) is 0 Å². The van der Waals surface area contributed by atoms with Gasteiger partial charge in [-0.2, -0.15) is 0 Å². The van der Waals surface area contributed by atoms with Gasteiger partial charge in [-0.05, 0) is 36.8 Å². The number of pyridine rings is 1. The molecule has 0 aliphatic heterocycles. The zero-order chi connectivity index (χ0) is 13.4. The van der Waals surface area contributed by atoms with Gasteiger partial charge >= 0.3 is 0 Å². The molecule has 0 aliphatic carbocycles. The van der Waals surface area contributed by atoms with Gasteiger partial charge in [0.05, 0.1) is 6.04 Å². The number of nitrogens with two attached hydrogens (primary N) is 1. The molecule has 19 heavy (non-hydrogen) atoms. The van der Waals surface area contributed by atoms with E-state index in [-0.39, 0.29) is 5.82 Å². The van der Waals surface area contributed by atoms with Gasteiger partial charge in [-0.3, -0.25) is 4.98 Å². The van der Waals surface area contributed by atoms with Crippen LogP contribution in [-0.2, 0) is 0 Å². The zero-order valence-electron chi connectivity index (χ0n) is 10.4. The third kappa shape index (κ3) is 2.00. The van der Waals surface area contributed by atoms with E-state index in [4.69, 9.17) is 10.2 Å². The summed E-state index contributed by atoms with van der Waals surface area (Å²) in [6, 6.07) is 7.79. The number of fused-ring (bicyclic) bond motifs is 1. The number of rotatable bonds is 2. The molecule has 0 saturated carbocycles. The van der Waals surface area contributed by atoms with Crippen LogP contribution < -0.4 is 5.73 Å². The van der Waals surface area contributed by atoms with Gasteiger partial charge in [0.15, 0.2) is 0 Å². The van der Waals surface area contributed by atoms with Gasteiger partial charge in [0, 0.05) is 23.3 Å². The van der Waals surface area contributed by atoms with E-state index in [1.165, 1.54) is 12.1 Å². The van der Waals surface area contributed by atoms with Crippen LogP contribution in [0.15, 0.2) is 47.1 Å². The second kappa shape index (κ2) is 4.48. The zero-order valence-corrected chi connectivity index (χ0v) is 10.4. The Labute approximate surface area is 109 Å². The topological polar surface area (TPSA) is 52.0 Å². The van der Waals surface area contributed by atoms with Gasteiger partial charge in [-0.1, -0.05) is 6.07 Å². The first-order chi connectivity index (χ1) is 9.16. The van der Waals surface area contributed by atoms with Crippen LogP contribution in [0, 0.1) is 12.7 Å². The highest BCUT2D eigenvalue weighted by molar-refractivity contribution is 5.82. The molecule has 3 aromatic rings. The van der Waals surface area contributed by atoms with E-state index in [1.54, 1.807) is 18.5 Å². The van der Waals surface area contributed by atoms with Gasteiger partial charge in [0.25, 0.3) is 0 Å². The second-order valence-electron chi connectivity index (χ2n) is 4.50. The normalized spacial score (nSPS) is 12.8. The van der Waals surface area contributed by atoms with Crippen molar-refractivity contribution in [3.05, 3.63) is 65.4 Å². The van der Waals surface area contributed by atoms with Crippen molar-refractivity contribution in [2.75, 3.05) is 0 Å². The summed E-state index contributed by atoms with van der Waals surface area (Å²) in [5.74, 6) is 0.367. The van der Waals surface area contributed by atoms with E-state index in [1.807, 2.05) is 19.1 Å². The number of aryl methyl sites for hydroxylation is 1. The molecule has 0 amide bonds. The third-order valence-corrected chi connectivity index (χ3v) is 3.26. The molecule has 96 valence electrons. The Kier molecular flexibility index (Phi) is 2.80. The number of halogens is 1. The molecule has 0 fully saturated rings. The van der Waals surface area contributed by atoms with E-state index in [0.717, 1.165) is 16.5 Å². The molecular formula is C15H13FN2O. The quantitative estimate of drug-likeness (QED) is 0.765. The molecule has 0 spiro atoms. The smallest absolute Gasteiger partial charge is 0.134 e. The molecule has 3 nitrogen and oxygen atoms in total. The van der Waals surface area contributed by atoms with Crippen LogP contribution in [0.25, 0.3) is 11.0 Å². The summed E-state index contributed by atoms with van der Waals surface area (Å²) in [6.07, 6.45) is 3.40. The lowest BCUT2D eigenvalue weighted by molar-refractivity contribution is 0.520.